The highest BCUT2D eigenvalue weighted by Gasteiger charge is 2.42. The van der Waals surface area contributed by atoms with Crippen LogP contribution in [0.4, 0.5) is 0 Å². The third-order valence-electron chi connectivity index (χ3n) is 13.7. The number of hydrogen-bond donors (Lipinski definition) is 9. The predicted molar refractivity (Wildman–Crippen MR) is 267 cm³/mol. The fraction of sp³-hybridized carbons (Fsp3) is 0.491. The van der Waals surface area contributed by atoms with Crippen LogP contribution in [-0.2, 0) is 64.0 Å². The van der Waals surface area contributed by atoms with E-state index in [4.69, 9.17) is 19.7 Å². The van der Waals surface area contributed by atoms with Crippen molar-refractivity contribution in [3.05, 3.63) is 87.0 Å². The number of phenols is 2. The number of methoxy groups -OCH3 is 1. The Morgan fingerprint density at radius 2 is 1.56 bits per heavy atom. The fourth-order valence-corrected chi connectivity index (χ4v) is 9.70. The summed E-state index contributed by atoms with van der Waals surface area (Å²) < 4.78 is 10.3. The maximum atomic E-state index is 13.1. The molecule has 22 nitrogen and oxygen atoms in total. The SMILES string of the molecule is CCN(C(=O)Cc1ccc(CC(=O)O)cc1)C(C)C(=O)NC(C)C=O.CNCC(=O)N1CCCC1C(=O)NC1CC(O)OC(C)C1O.COc1cccc2c1C(=O)c1c(O)c3c(c(O)c1C2=O)CC(C(=O)CO)CC3. The van der Waals surface area contributed by atoms with Gasteiger partial charge in [0, 0.05) is 42.1 Å². The molecule has 4 aliphatic rings. The third-order valence-corrected chi connectivity index (χ3v) is 13.7. The Kier molecular flexibility index (Phi) is 20.7. The molecule has 22 heteroatoms. The van der Waals surface area contributed by atoms with Crippen LogP contribution in [0.3, 0.4) is 0 Å². The average molecular weight is 1050 g/mol. The number of ether oxygens (including phenoxy) is 2. The number of carboxylic acid groups (broad SMARTS) is 1. The normalized spacial score (nSPS) is 21.2. The molecule has 0 spiro atoms. The van der Waals surface area contributed by atoms with E-state index in [1.165, 1.54) is 18.1 Å². The molecule has 7 rings (SSSR count). The number of aldehydes is 1. The first kappa shape index (κ1) is 58.8. The molecule has 2 aliphatic heterocycles. The van der Waals surface area contributed by atoms with Gasteiger partial charge in [-0.3, -0.25) is 38.4 Å². The van der Waals surface area contributed by atoms with Crippen molar-refractivity contribution in [1.29, 1.82) is 0 Å². The molecule has 2 fully saturated rings. The number of ketones is 3. The van der Waals surface area contributed by atoms with E-state index < -0.39 is 72.7 Å². The molecule has 2 saturated heterocycles. The first-order valence-corrected chi connectivity index (χ1v) is 24.7. The number of carboxylic acids is 1. The summed E-state index contributed by atoms with van der Waals surface area (Å²) in [5, 5.41) is 67.2. The number of likely N-dealkylation sites (tertiary alicyclic amines) is 1. The minimum absolute atomic E-state index is 0.0568. The molecule has 2 heterocycles. The molecule has 0 aromatic heterocycles. The summed E-state index contributed by atoms with van der Waals surface area (Å²) in [5.74, 6) is -4.46. The minimum atomic E-state index is -1.01. The number of fused-ring (bicyclic) bond motifs is 3. The van der Waals surface area contributed by atoms with Gasteiger partial charge < -0.3 is 70.7 Å². The van der Waals surface area contributed by atoms with Crippen LogP contribution in [0, 0.1) is 5.92 Å². The van der Waals surface area contributed by atoms with E-state index >= 15 is 0 Å². The van der Waals surface area contributed by atoms with Crippen molar-refractivity contribution in [1.82, 2.24) is 25.8 Å². The second-order valence-electron chi connectivity index (χ2n) is 18.8. The molecule has 75 heavy (non-hydrogen) atoms. The Balaban J connectivity index is 0.000000210. The Hall–Kier alpha value is -7.11. The smallest absolute Gasteiger partial charge is 0.307 e. The molecule has 2 aliphatic carbocycles. The number of aliphatic hydroxyl groups is 3. The summed E-state index contributed by atoms with van der Waals surface area (Å²) in [6.07, 6.45) is 0.470. The first-order chi connectivity index (χ1) is 35.6. The van der Waals surface area contributed by atoms with Gasteiger partial charge in [-0.2, -0.15) is 0 Å². The Morgan fingerprint density at radius 1 is 0.920 bits per heavy atom. The highest BCUT2D eigenvalue weighted by Crippen LogP contribution is 2.47. The second kappa shape index (κ2) is 26.4. The molecule has 0 bridgehead atoms. The van der Waals surface area contributed by atoms with Crippen molar-refractivity contribution >= 4 is 53.2 Å². The number of amides is 4. The van der Waals surface area contributed by atoms with Crippen LogP contribution in [0.5, 0.6) is 17.2 Å². The summed E-state index contributed by atoms with van der Waals surface area (Å²) in [7, 11) is 3.07. The number of aliphatic hydroxyl groups excluding tert-OH is 3. The molecule has 9 N–H and O–H groups in total. The Morgan fingerprint density at radius 3 is 2.16 bits per heavy atom. The van der Waals surface area contributed by atoms with Gasteiger partial charge in [0.15, 0.2) is 17.9 Å². The maximum absolute atomic E-state index is 13.1. The molecule has 0 saturated carbocycles. The molecule has 406 valence electrons. The van der Waals surface area contributed by atoms with Crippen LogP contribution in [0.2, 0.25) is 0 Å². The molecular weight excluding hydrogens is 979 g/mol. The zero-order valence-corrected chi connectivity index (χ0v) is 42.8. The van der Waals surface area contributed by atoms with Gasteiger partial charge in [0.2, 0.25) is 29.4 Å². The number of Topliss-reactive ketones (excluding diaryl/α,β-unsaturated/α-hetero) is 1. The molecule has 3 aromatic rings. The lowest BCUT2D eigenvalue weighted by Gasteiger charge is -2.37. The lowest BCUT2D eigenvalue weighted by Crippen LogP contribution is -2.58. The van der Waals surface area contributed by atoms with Crippen LogP contribution in [0.25, 0.3) is 0 Å². The molecule has 8 atom stereocenters. The highest BCUT2D eigenvalue weighted by atomic mass is 16.6. The molecule has 0 radical (unpaired) electrons. The number of nitrogens with zero attached hydrogens (tertiary/aromatic N) is 2. The monoisotopic (exact) mass is 1050 g/mol. The topological polar surface area (TPSA) is 336 Å². The summed E-state index contributed by atoms with van der Waals surface area (Å²) in [6.45, 7) is 7.11. The second-order valence-corrected chi connectivity index (χ2v) is 18.8. The van der Waals surface area contributed by atoms with Crippen LogP contribution < -0.4 is 20.7 Å². The van der Waals surface area contributed by atoms with Crippen LogP contribution >= 0.6 is 0 Å². The zero-order valence-electron chi connectivity index (χ0n) is 42.8. The molecule has 3 aromatic carbocycles. The van der Waals surface area contributed by atoms with Crippen molar-refractivity contribution in [3.63, 3.8) is 0 Å². The van der Waals surface area contributed by atoms with E-state index in [1.54, 1.807) is 76.0 Å². The standard InChI is InChI=1S/C21H18O7.C18H24N2O5.C14H25N3O5/c1-28-14-4-2-3-11-15(14)21(27)17-16(19(11)25)20(26)12-7-9(13(23)8-22)5-6-10(12)18(17)24;1-4-20(13(3)18(25)19-12(2)11-21)16(22)9-14-5-7-15(8-6-14)10-17(23)24;1-8-13(20)9(6-12(19)22-8)16-14(21)10-4-3-5-17(10)11(18)7-15-2/h2-4,9,22,24,26H,5-8H2,1H3;5-8,11-13H,4,9-10H2,1-3H3,(H,19,25)(H,23,24);8-10,12-13,15,19-20H,3-7H2,1-2H3,(H,16,21). The van der Waals surface area contributed by atoms with E-state index in [2.05, 4.69) is 16.0 Å². The number of rotatable bonds is 16. The number of aliphatic carboxylic acids is 1. The van der Waals surface area contributed by atoms with E-state index in [0.29, 0.717) is 43.3 Å². The van der Waals surface area contributed by atoms with Gasteiger partial charge in [0.1, 0.15) is 48.3 Å². The quantitative estimate of drug-likeness (QED) is 0.0545. The van der Waals surface area contributed by atoms with Gasteiger partial charge in [0.25, 0.3) is 0 Å². The number of benzene rings is 3. The van der Waals surface area contributed by atoms with E-state index in [9.17, 15) is 63.6 Å². The maximum Gasteiger partial charge on any atom is 0.307 e. The summed E-state index contributed by atoms with van der Waals surface area (Å²) in [4.78, 5) is 111. The van der Waals surface area contributed by atoms with Crippen LogP contribution in [-0.4, -0.2) is 177 Å². The van der Waals surface area contributed by atoms with E-state index in [-0.39, 0.29) is 113 Å². The lowest BCUT2D eigenvalue weighted by atomic mass is 9.75. The summed E-state index contributed by atoms with van der Waals surface area (Å²) >= 11 is 0. The number of nitrogens with one attached hydrogen (secondary N) is 3. The zero-order chi connectivity index (χ0) is 55.4. The largest absolute Gasteiger partial charge is 0.507 e. The number of carbonyl (C=O) groups is 9. The molecule has 4 amide bonds. The number of hydrogen-bond acceptors (Lipinski definition) is 17. The number of carbonyl (C=O) groups excluding carboxylic acids is 8. The Labute approximate surface area is 433 Å². The van der Waals surface area contributed by atoms with E-state index in [1.807, 2.05) is 0 Å². The summed E-state index contributed by atoms with van der Waals surface area (Å²) in [5.41, 5.74) is 1.70. The third kappa shape index (κ3) is 13.8. The highest BCUT2D eigenvalue weighted by molar-refractivity contribution is 6.31. The lowest BCUT2D eigenvalue weighted by molar-refractivity contribution is -0.203. The van der Waals surface area contributed by atoms with Gasteiger partial charge in [-0.05, 0) is 84.0 Å². The van der Waals surface area contributed by atoms with Gasteiger partial charge in [-0.1, -0.05) is 36.4 Å². The first-order valence-electron chi connectivity index (χ1n) is 24.7. The van der Waals surface area contributed by atoms with E-state index in [0.717, 1.165) is 12.0 Å². The van der Waals surface area contributed by atoms with Crippen molar-refractivity contribution in [2.45, 2.75) is 122 Å². The molecule has 8 unspecified atom stereocenters. The van der Waals surface area contributed by atoms with Crippen molar-refractivity contribution < 1.29 is 83.3 Å². The minimum Gasteiger partial charge on any atom is -0.507 e. The number of phenolic OH excluding ortho intramolecular Hbond substituents is 2. The Bertz CT molecular complexity index is 2640. The van der Waals surface area contributed by atoms with Crippen LogP contribution in [0.1, 0.15) is 107 Å². The summed E-state index contributed by atoms with van der Waals surface area (Å²) in [6, 6.07) is 8.98. The average Bonchev–Trinajstić information content (AvgIpc) is 3.89. The fourth-order valence-electron chi connectivity index (χ4n) is 9.70. The predicted octanol–water partition coefficient (Wildman–Crippen LogP) is 0.515. The number of likely N-dealkylation sites (N-methyl/N-ethyl adjacent to an activating group) is 2. The van der Waals surface area contributed by atoms with Crippen molar-refractivity contribution in [2.24, 2.45) is 5.92 Å². The van der Waals surface area contributed by atoms with Crippen molar-refractivity contribution in [3.8, 4) is 17.2 Å². The van der Waals surface area contributed by atoms with Crippen LogP contribution in [0.15, 0.2) is 42.5 Å². The van der Waals surface area contributed by atoms with Crippen molar-refractivity contribution in [2.75, 3.05) is 40.4 Å². The number of aromatic hydroxyl groups is 2. The molecular formula is C53H67N5O17. The van der Waals surface area contributed by atoms with Gasteiger partial charge >= 0.3 is 5.97 Å². The van der Waals surface area contributed by atoms with Gasteiger partial charge in [-0.25, -0.2) is 0 Å². The van der Waals surface area contributed by atoms with Gasteiger partial charge in [0.05, 0.1) is 61.4 Å². The van der Waals surface area contributed by atoms with Gasteiger partial charge in [-0.15, -0.1) is 0 Å².